The normalized spacial score (nSPS) is 20.0. The van der Waals surface area contributed by atoms with E-state index >= 15 is 0 Å². The van der Waals surface area contributed by atoms with Gasteiger partial charge in [0.05, 0.1) is 23.7 Å². The first-order chi connectivity index (χ1) is 10.7. The quantitative estimate of drug-likeness (QED) is 0.891. The highest BCUT2D eigenvalue weighted by atomic mass is 16.5. The van der Waals surface area contributed by atoms with E-state index in [-0.39, 0.29) is 11.9 Å². The van der Waals surface area contributed by atoms with Crippen LogP contribution in [0.1, 0.15) is 25.7 Å². The van der Waals surface area contributed by atoms with E-state index in [0.29, 0.717) is 13.2 Å². The Hall–Kier alpha value is -1.92. The second-order valence-electron chi connectivity index (χ2n) is 5.50. The van der Waals surface area contributed by atoms with Crippen molar-refractivity contribution in [3.8, 4) is 0 Å². The summed E-state index contributed by atoms with van der Waals surface area (Å²) in [5.74, 6) is 0.787. The topological polar surface area (TPSA) is 68.2 Å². The molecule has 2 aromatic rings. The summed E-state index contributed by atoms with van der Waals surface area (Å²) in [6.07, 6.45) is -0.421. The molecule has 1 saturated heterocycles. The third kappa shape index (κ3) is 2.84. The Morgan fingerprint density at radius 1 is 1.55 bits per heavy atom. The summed E-state index contributed by atoms with van der Waals surface area (Å²) in [5, 5.41) is 6.18. The monoisotopic (exact) mass is 302 g/mol. The number of para-hydroxylation sites is 2. The number of morpholine rings is 1. The highest BCUT2D eigenvalue weighted by molar-refractivity contribution is 5.82. The minimum Gasteiger partial charge on any atom is -0.366 e. The first-order valence-electron chi connectivity index (χ1n) is 7.78. The van der Waals surface area contributed by atoms with E-state index in [1.54, 1.807) is 0 Å². The molecule has 2 heterocycles. The lowest BCUT2D eigenvalue weighted by Crippen LogP contribution is -2.48. The Bertz CT molecular complexity index is 661. The predicted octanol–water partition coefficient (Wildman–Crippen LogP) is 1.22. The molecule has 118 valence electrons. The van der Waals surface area contributed by atoms with Crippen LogP contribution in [-0.2, 0) is 16.1 Å². The smallest absolute Gasteiger partial charge is 0.251 e. The first kappa shape index (κ1) is 15.0. The van der Waals surface area contributed by atoms with Crippen LogP contribution in [0.25, 0.3) is 11.0 Å². The van der Waals surface area contributed by atoms with Crippen LogP contribution in [0.2, 0.25) is 0 Å². The molecule has 0 radical (unpaired) electrons. The first-order valence-corrected chi connectivity index (χ1v) is 7.78. The minimum atomic E-state index is -0.421. The lowest BCUT2D eigenvalue weighted by Gasteiger charge is -2.24. The number of rotatable bonds is 4. The number of hydrogen-bond donors (Lipinski definition) is 2. The Labute approximate surface area is 129 Å². The number of nitrogens with one attached hydrogen (secondary N) is 2. The van der Waals surface area contributed by atoms with E-state index in [2.05, 4.69) is 33.2 Å². The standard InChI is InChI=1S/C16H22N4O2/c1-3-20-13-7-5-4-6-12(13)19-15(20)11(2)18-16(21)14-10-17-8-9-22-14/h4-7,11,14,17H,3,8-10H2,1-2H3,(H,18,21)/t11-,14-/m0/s1. The summed E-state index contributed by atoms with van der Waals surface area (Å²) in [7, 11) is 0. The molecule has 6 nitrogen and oxygen atoms in total. The molecule has 1 aromatic carbocycles. The summed E-state index contributed by atoms with van der Waals surface area (Å²) >= 11 is 0. The van der Waals surface area contributed by atoms with Crippen LogP contribution >= 0.6 is 0 Å². The lowest BCUT2D eigenvalue weighted by molar-refractivity contribution is -0.134. The zero-order valence-electron chi connectivity index (χ0n) is 13.0. The van der Waals surface area contributed by atoms with Crippen LogP contribution in [-0.4, -0.2) is 41.3 Å². The molecular formula is C16H22N4O2. The summed E-state index contributed by atoms with van der Waals surface area (Å²) in [6.45, 7) is 6.78. The molecule has 0 aliphatic carbocycles. The van der Waals surface area contributed by atoms with Crippen molar-refractivity contribution < 1.29 is 9.53 Å². The van der Waals surface area contributed by atoms with Gasteiger partial charge in [-0.05, 0) is 26.0 Å². The molecule has 1 aliphatic heterocycles. The van der Waals surface area contributed by atoms with E-state index in [4.69, 9.17) is 4.74 Å². The Balaban J connectivity index is 1.79. The number of ether oxygens (including phenoxy) is 1. The van der Waals surface area contributed by atoms with Crippen molar-refractivity contribution in [2.45, 2.75) is 32.5 Å². The maximum atomic E-state index is 12.3. The van der Waals surface area contributed by atoms with Gasteiger partial charge in [0.2, 0.25) is 0 Å². The van der Waals surface area contributed by atoms with E-state index < -0.39 is 6.10 Å². The third-order valence-corrected chi connectivity index (χ3v) is 3.97. The Morgan fingerprint density at radius 2 is 2.36 bits per heavy atom. The van der Waals surface area contributed by atoms with Gasteiger partial charge in [-0.3, -0.25) is 4.79 Å². The maximum absolute atomic E-state index is 12.3. The zero-order chi connectivity index (χ0) is 15.5. The molecule has 0 saturated carbocycles. The van der Waals surface area contributed by atoms with E-state index in [9.17, 15) is 4.79 Å². The Morgan fingerprint density at radius 3 is 3.09 bits per heavy atom. The van der Waals surface area contributed by atoms with Gasteiger partial charge in [0.15, 0.2) is 0 Å². The van der Waals surface area contributed by atoms with Crippen molar-refractivity contribution in [1.29, 1.82) is 0 Å². The molecule has 2 atom stereocenters. The molecule has 2 N–H and O–H groups in total. The summed E-state index contributed by atoms with van der Waals surface area (Å²) in [5.41, 5.74) is 2.05. The van der Waals surface area contributed by atoms with E-state index in [0.717, 1.165) is 29.9 Å². The second-order valence-corrected chi connectivity index (χ2v) is 5.50. The second kappa shape index (κ2) is 6.46. The summed E-state index contributed by atoms with van der Waals surface area (Å²) < 4.78 is 7.63. The zero-order valence-corrected chi connectivity index (χ0v) is 13.0. The molecule has 1 fully saturated rings. The number of carbonyl (C=O) groups is 1. The van der Waals surface area contributed by atoms with Gasteiger partial charge in [0.25, 0.3) is 5.91 Å². The highest BCUT2D eigenvalue weighted by Gasteiger charge is 2.25. The number of carbonyl (C=O) groups excluding carboxylic acids is 1. The number of aromatic nitrogens is 2. The molecular weight excluding hydrogens is 280 g/mol. The van der Waals surface area contributed by atoms with Gasteiger partial charge in [0, 0.05) is 19.6 Å². The molecule has 0 bridgehead atoms. The molecule has 0 unspecified atom stereocenters. The molecule has 0 spiro atoms. The fourth-order valence-electron chi connectivity index (χ4n) is 2.86. The van der Waals surface area contributed by atoms with Crippen molar-refractivity contribution in [3.05, 3.63) is 30.1 Å². The molecule has 1 aliphatic rings. The van der Waals surface area contributed by atoms with Crippen LogP contribution in [0.15, 0.2) is 24.3 Å². The SMILES string of the molecule is CCn1c([C@H](C)NC(=O)[C@@H]2CNCCO2)nc2ccccc21. The Kier molecular flexibility index (Phi) is 4.40. The number of amides is 1. The fourth-order valence-corrected chi connectivity index (χ4v) is 2.86. The van der Waals surface area contributed by atoms with Gasteiger partial charge in [-0.2, -0.15) is 0 Å². The predicted molar refractivity (Wildman–Crippen MR) is 84.6 cm³/mol. The molecule has 3 rings (SSSR count). The van der Waals surface area contributed by atoms with Crippen molar-refractivity contribution in [1.82, 2.24) is 20.2 Å². The van der Waals surface area contributed by atoms with Crippen LogP contribution in [0.4, 0.5) is 0 Å². The minimum absolute atomic E-state index is 0.0885. The van der Waals surface area contributed by atoms with E-state index in [1.165, 1.54) is 0 Å². The van der Waals surface area contributed by atoms with Crippen molar-refractivity contribution >= 4 is 16.9 Å². The molecule has 1 aromatic heterocycles. The van der Waals surface area contributed by atoms with Gasteiger partial charge >= 0.3 is 0 Å². The average Bonchev–Trinajstić information content (AvgIpc) is 2.94. The number of aryl methyl sites for hydroxylation is 1. The summed E-state index contributed by atoms with van der Waals surface area (Å²) in [4.78, 5) is 17.0. The molecule has 6 heteroatoms. The van der Waals surface area contributed by atoms with Crippen LogP contribution in [0.5, 0.6) is 0 Å². The van der Waals surface area contributed by atoms with Crippen LogP contribution in [0, 0.1) is 0 Å². The highest BCUT2D eigenvalue weighted by Crippen LogP contribution is 2.20. The van der Waals surface area contributed by atoms with Crippen molar-refractivity contribution in [3.63, 3.8) is 0 Å². The van der Waals surface area contributed by atoms with E-state index in [1.807, 2.05) is 25.1 Å². The molecule has 1 amide bonds. The van der Waals surface area contributed by atoms with Gasteiger partial charge in [-0.15, -0.1) is 0 Å². The average molecular weight is 302 g/mol. The van der Waals surface area contributed by atoms with Gasteiger partial charge in [-0.1, -0.05) is 12.1 Å². The maximum Gasteiger partial charge on any atom is 0.251 e. The number of benzene rings is 1. The van der Waals surface area contributed by atoms with Crippen LogP contribution < -0.4 is 10.6 Å². The fraction of sp³-hybridized carbons (Fsp3) is 0.500. The number of fused-ring (bicyclic) bond motifs is 1. The van der Waals surface area contributed by atoms with Crippen molar-refractivity contribution in [2.75, 3.05) is 19.7 Å². The largest absolute Gasteiger partial charge is 0.366 e. The number of nitrogens with zero attached hydrogens (tertiary/aromatic N) is 2. The van der Waals surface area contributed by atoms with Gasteiger partial charge < -0.3 is 19.9 Å². The summed E-state index contributed by atoms with van der Waals surface area (Å²) in [6, 6.07) is 7.87. The lowest BCUT2D eigenvalue weighted by atomic mass is 10.2. The van der Waals surface area contributed by atoms with Gasteiger partial charge in [0.1, 0.15) is 11.9 Å². The van der Waals surface area contributed by atoms with Crippen molar-refractivity contribution in [2.24, 2.45) is 0 Å². The van der Waals surface area contributed by atoms with Gasteiger partial charge in [-0.25, -0.2) is 4.98 Å². The number of hydrogen-bond acceptors (Lipinski definition) is 4. The third-order valence-electron chi connectivity index (χ3n) is 3.97. The number of imidazole rings is 1. The van der Waals surface area contributed by atoms with Crippen LogP contribution in [0.3, 0.4) is 0 Å². The molecule has 22 heavy (non-hydrogen) atoms.